The number of carbonyl (C=O) groups excluding carboxylic acids is 1. The van der Waals surface area contributed by atoms with E-state index in [9.17, 15) is 14.9 Å². The molecule has 158 valence electrons. The SMILES string of the molecule is O=C(N/N=C/c1cc([N+](=O)[O-])ccc1Cl)c1[nH]c(-c2ccccc2)cc1-c1ccccc1. The van der Waals surface area contributed by atoms with Crippen LogP contribution >= 0.6 is 11.6 Å². The molecule has 0 aliphatic rings. The van der Waals surface area contributed by atoms with Gasteiger partial charge in [0.05, 0.1) is 11.1 Å². The van der Waals surface area contributed by atoms with E-state index in [4.69, 9.17) is 11.6 Å². The van der Waals surface area contributed by atoms with E-state index in [0.717, 1.165) is 22.4 Å². The van der Waals surface area contributed by atoms with Crippen LogP contribution in [0.25, 0.3) is 22.4 Å². The Balaban J connectivity index is 1.63. The molecule has 7 nitrogen and oxygen atoms in total. The Hall–Kier alpha value is -4.23. The summed E-state index contributed by atoms with van der Waals surface area (Å²) in [4.78, 5) is 26.6. The Morgan fingerprint density at radius 3 is 2.28 bits per heavy atom. The maximum Gasteiger partial charge on any atom is 0.288 e. The Bertz CT molecular complexity index is 1300. The second-order valence-corrected chi connectivity index (χ2v) is 7.27. The van der Waals surface area contributed by atoms with E-state index >= 15 is 0 Å². The number of nitro benzene ring substituents is 1. The minimum atomic E-state index is -0.525. The molecule has 0 spiro atoms. The topological polar surface area (TPSA) is 100 Å². The first-order valence-electron chi connectivity index (χ1n) is 9.64. The molecule has 0 bridgehead atoms. The summed E-state index contributed by atoms with van der Waals surface area (Å²) in [7, 11) is 0. The van der Waals surface area contributed by atoms with Gasteiger partial charge in [-0.15, -0.1) is 0 Å². The van der Waals surface area contributed by atoms with Gasteiger partial charge in [-0.1, -0.05) is 72.3 Å². The summed E-state index contributed by atoms with van der Waals surface area (Å²) in [5.74, 6) is -0.455. The number of hydrogen-bond donors (Lipinski definition) is 2. The number of nitrogens with one attached hydrogen (secondary N) is 2. The second kappa shape index (κ2) is 9.28. The number of amides is 1. The first kappa shape index (κ1) is 21.0. The third-order valence-corrected chi connectivity index (χ3v) is 5.12. The smallest absolute Gasteiger partial charge is 0.288 e. The molecule has 2 N–H and O–H groups in total. The van der Waals surface area contributed by atoms with Gasteiger partial charge in [0, 0.05) is 34.0 Å². The summed E-state index contributed by atoms with van der Waals surface area (Å²) in [6, 6.07) is 25.1. The van der Waals surface area contributed by atoms with Crippen molar-refractivity contribution in [3.05, 3.63) is 111 Å². The lowest BCUT2D eigenvalue weighted by atomic mass is 10.0. The lowest BCUT2D eigenvalue weighted by molar-refractivity contribution is -0.384. The summed E-state index contributed by atoms with van der Waals surface area (Å²) in [5, 5.41) is 15.2. The van der Waals surface area contributed by atoms with Crippen molar-refractivity contribution in [1.29, 1.82) is 0 Å². The zero-order chi connectivity index (χ0) is 22.5. The van der Waals surface area contributed by atoms with Crippen molar-refractivity contribution in [2.24, 2.45) is 5.10 Å². The molecule has 0 saturated carbocycles. The molecular formula is C24H17ClN4O3. The van der Waals surface area contributed by atoms with Crippen LogP contribution < -0.4 is 5.43 Å². The number of nitro groups is 1. The summed E-state index contributed by atoms with van der Waals surface area (Å²) in [5.41, 5.74) is 6.35. The molecule has 0 unspecified atom stereocenters. The van der Waals surface area contributed by atoms with Gasteiger partial charge in [-0.25, -0.2) is 5.43 Å². The van der Waals surface area contributed by atoms with Crippen LogP contribution in [0, 0.1) is 10.1 Å². The predicted molar refractivity (Wildman–Crippen MR) is 125 cm³/mol. The fourth-order valence-electron chi connectivity index (χ4n) is 3.21. The number of carbonyl (C=O) groups is 1. The molecule has 0 aliphatic heterocycles. The van der Waals surface area contributed by atoms with E-state index in [1.165, 1.54) is 24.4 Å². The van der Waals surface area contributed by atoms with Crippen molar-refractivity contribution < 1.29 is 9.72 Å². The Morgan fingerprint density at radius 2 is 1.62 bits per heavy atom. The second-order valence-electron chi connectivity index (χ2n) is 6.87. The van der Waals surface area contributed by atoms with Crippen LogP contribution in [0.2, 0.25) is 5.02 Å². The van der Waals surface area contributed by atoms with Gasteiger partial charge in [-0.05, 0) is 23.3 Å². The molecule has 0 saturated heterocycles. The first-order chi connectivity index (χ1) is 15.5. The summed E-state index contributed by atoms with van der Waals surface area (Å²) in [6.45, 7) is 0. The lowest BCUT2D eigenvalue weighted by Crippen LogP contribution is -2.19. The van der Waals surface area contributed by atoms with Crippen LogP contribution in [0.3, 0.4) is 0 Å². The van der Waals surface area contributed by atoms with Gasteiger partial charge in [0.1, 0.15) is 5.69 Å². The van der Waals surface area contributed by atoms with Gasteiger partial charge in [0.15, 0.2) is 0 Å². The number of H-pyrrole nitrogens is 1. The van der Waals surface area contributed by atoms with Gasteiger partial charge in [-0.2, -0.15) is 5.10 Å². The number of aromatic nitrogens is 1. The Morgan fingerprint density at radius 1 is 0.969 bits per heavy atom. The molecule has 4 aromatic rings. The zero-order valence-electron chi connectivity index (χ0n) is 16.7. The van der Waals surface area contributed by atoms with Gasteiger partial charge >= 0.3 is 0 Å². The maximum absolute atomic E-state index is 12.9. The molecule has 4 rings (SSSR count). The van der Waals surface area contributed by atoms with Crippen LogP contribution in [-0.2, 0) is 0 Å². The van der Waals surface area contributed by atoms with Gasteiger partial charge in [0.25, 0.3) is 11.6 Å². The molecule has 0 radical (unpaired) electrons. The maximum atomic E-state index is 12.9. The Labute approximate surface area is 188 Å². The lowest BCUT2D eigenvalue weighted by Gasteiger charge is -2.03. The van der Waals surface area contributed by atoms with Crippen molar-refractivity contribution in [2.45, 2.75) is 0 Å². The predicted octanol–water partition coefficient (Wildman–Crippen LogP) is 5.67. The van der Waals surface area contributed by atoms with Crippen LogP contribution in [0.5, 0.6) is 0 Å². The zero-order valence-corrected chi connectivity index (χ0v) is 17.4. The van der Waals surface area contributed by atoms with Crippen LogP contribution in [0.4, 0.5) is 5.69 Å². The van der Waals surface area contributed by atoms with Crippen molar-refractivity contribution >= 4 is 29.4 Å². The molecule has 0 fully saturated rings. The van der Waals surface area contributed by atoms with Crippen LogP contribution in [-0.4, -0.2) is 22.0 Å². The summed E-state index contributed by atoms with van der Waals surface area (Å²) in [6.07, 6.45) is 1.27. The number of benzene rings is 3. The van der Waals surface area contributed by atoms with E-state index in [0.29, 0.717) is 11.3 Å². The number of hydrazone groups is 1. The monoisotopic (exact) mass is 444 g/mol. The van der Waals surface area contributed by atoms with E-state index < -0.39 is 10.8 Å². The van der Waals surface area contributed by atoms with E-state index in [2.05, 4.69) is 15.5 Å². The highest BCUT2D eigenvalue weighted by Gasteiger charge is 2.17. The average molecular weight is 445 g/mol. The van der Waals surface area contributed by atoms with Gasteiger partial charge in [0.2, 0.25) is 0 Å². The number of halogens is 1. The number of nitrogens with zero attached hydrogens (tertiary/aromatic N) is 2. The number of hydrogen-bond acceptors (Lipinski definition) is 4. The van der Waals surface area contributed by atoms with E-state index in [1.54, 1.807) is 0 Å². The van der Waals surface area contributed by atoms with E-state index in [-0.39, 0.29) is 10.7 Å². The molecule has 0 atom stereocenters. The largest absolute Gasteiger partial charge is 0.350 e. The van der Waals surface area contributed by atoms with Crippen molar-refractivity contribution in [3.63, 3.8) is 0 Å². The normalized spacial score (nSPS) is 10.9. The van der Waals surface area contributed by atoms with Crippen LogP contribution in [0.1, 0.15) is 16.1 Å². The highest BCUT2D eigenvalue weighted by molar-refractivity contribution is 6.33. The molecule has 1 amide bonds. The summed E-state index contributed by atoms with van der Waals surface area (Å²) >= 11 is 6.08. The molecule has 3 aromatic carbocycles. The fraction of sp³-hybridized carbons (Fsp3) is 0. The minimum absolute atomic E-state index is 0.120. The molecule has 0 aliphatic carbocycles. The van der Waals surface area contributed by atoms with Crippen molar-refractivity contribution in [3.8, 4) is 22.4 Å². The molecule has 32 heavy (non-hydrogen) atoms. The standard InChI is InChI=1S/C24H17ClN4O3/c25-21-12-11-19(29(31)32)13-18(21)15-26-28-24(30)23-20(16-7-3-1-4-8-16)14-22(27-23)17-9-5-2-6-10-17/h1-15,27H,(H,28,30)/b26-15+. The molecule has 1 heterocycles. The fourth-order valence-corrected chi connectivity index (χ4v) is 3.38. The molecule has 8 heteroatoms. The highest BCUT2D eigenvalue weighted by Crippen LogP contribution is 2.29. The third-order valence-electron chi connectivity index (χ3n) is 4.77. The van der Waals surface area contributed by atoms with Crippen molar-refractivity contribution in [2.75, 3.05) is 0 Å². The molecular weight excluding hydrogens is 428 g/mol. The van der Waals surface area contributed by atoms with E-state index in [1.807, 2.05) is 66.7 Å². The van der Waals surface area contributed by atoms with Crippen molar-refractivity contribution in [1.82, 2.24) is 10.4 Å². The summed E-state index contributed by atoms with van der Waals surface area (Å²) < 4.78 is 0. The Kier molecular flexibility index (Phi) is 6.10. The minimum Gasteiger partial charge on any atom is -0.350 e. The van der Waals surface area contributed by atoms with Gasteiger partial charge in [-0.3, -0.25) is 14.9 Å². The molecule has 1 aromatic heterocycles. The highest BCUT2D eigenvalue weighted by atomic mass is 35.5. The average Bonchev–Trinajstić information content (AvgIpc) is 3.27. The number of rotatable bonds is 6. The first-order valence-corrected chi connectivity index (χ1v) is 10.0. The number of non-ortho nitro benzene ring substituents is 1. The quantitative estimate of drug-likeness (QED) is 0.227. The van der Waals surface area contributed by atoms with Gasteiger partial charge < -0.3 is 4.98 Å². The number of aromatic amines is 1. The van der Waals surface area contributed by atoms with Crippen LogP contribution in [0.15, 0.2) is 90.0 Å². The third kappa shape index (κ3) is 4.58.